The van der Waals surface area contributed by atoms with E-state index < -0.39 is 5.97 Å². The van der Waals surface area contributed by atoms with Gasteiger partial charge in [0.1, 0.15) is 6.61 Å². The Morgan fingerprint density at radius 1 is 1.37 bits per heavy atom. The van der Waals surface area contributed by atoms with Gasteiger partial charge < -0.3 is 10.5 Å². The predicted molar refractivity (Wildman–Crippen MR) is 74.0 cm³/mol. The van der Waals surface area contributed by atoms with E-state index in [4.69, 9.17) is 22.1 Å². The van der Waals surface area contributed by atoms with Crippen molar-refractivity contribution in [1.82, 2.24) is 4.98 Å². The zero-order valence-corrected chi connectivity index (χ0v) is 11.1. The van der Waals surface area contributed by atoms with Gasteiger partial charge in [-0.3, -0.25) is 4.98 Å². The van der Waals surface area contributed by atoms with Crippen LogP contribution in [0.4, 0.5) is 5.69 Å². The Hall–Kier alpha value is -2.07. The highest BCUT2D eigenvalue weighted by atomic mass is 35.5. The predicted octanol–water partition coefficient (Wildman–Crippen LogP) is 2.98. The Kier molecular flexibility index (Phi) is 4.02. The van der Waals surface area contributed by atoms with E-state index in [0.29, 0.717) is 10.7 Å². The van der Waals surface area contributed by atoms with E-state index in [9.17, 15) is 4.79 Å². The summed E-state index contributed by atoms with van der Waals surface area (Å²) in [7, 11) is 0. The lowest BCUT2D eigenvalue weighted by Gasteiger charge is -2.07. The van der Waals surface area contributed by atoms with Gasteiger partial charge in [-0.2, -0.15) is 0 Å². The minimum atomic E-state index is -0.501. The molecule has 2 rings (SSSR count). The molecule has 1 heterocycles. The van der Waals surface area contributed by atoms with Crippen molar-refractivity contribution in [2.24, 2.45) is 0 Å². The number of halogens is 1. The minimum absolute atomic E-state index is 0.151. The molecule has 0 bridgehead atoms. The molecule has 0 spiro atoms. The molecule has 4 nitrogen and oxygen atoms in total. The van der Waals surface area contributed by atoms with Crippen LogP contribution in [0.25, 0.3) is 0 Å². The maximum Gasteiger partial charge on any atom is 0.340 e. The summed E-state index contributed by atoms with van der Waals surface area (Å²) in [6.45, 7) is 2.08. The Balaban J connectivity index is 2.07. The van der Waals surface area contributed by atoms with E-state index in [1.165, 1.54) is 6.07 Å². The van der Waals surface area contributed by atoms with Crippen LogP contribution in [0.2, 0.25) is 5.02 Å². The van der Waals surface area contributed by atoms with E-state index in [2.05, 4.69) is 4.98 Å². The third kappa shape index (κ3) is 3.45. The van der Waals surface area contributed by atoms with Crippen LogP contribution in [0.3, 0.4) is 0 Å². The van der Waals surface area contributed by atoms with Gasteiger partial charge in [-0.15, -0.1) is 0 Å². The first-order chi connectivity index (χ1) is 9.06. The third-order valence-electron chi connectivity index (χ3n) is 2.51. The van der Waals surface area contributed by atoms with Crippen LogP contribution in [0, 0.1) is 6.92 Å². The highest BCUT2D eigenvalue weighted by Crippen LogP contribution is 2.20. The summed E-state index contributed by atoms with van der Waals surface area (Å²) in [5.41, 5.74) is 8.19. The average molecular weight is 277 g/mol. The van der Waals surface area contributed by atoms with Gasteiger partial charge in [-0.25, -0.2) is 4.79 Å². The van der Waals surface area contributed by atoms with Gasteiger partial charge in [0, 0.05) is 23.6 Å². The zero-order valence-electron chi connectivity index (χ0n) is 10.4. The molecule has 19 heavy (non-hydrogen) atoms. The Morgan fingerprint density at radius 2 is 2.16 bits per heavy atom. The number of hydrogen-bond donors (Lipinski definition) is 1. The number of rotatable bonds is 3. The largest absolute Gasteiger partial charge is 0.457 e. The van der Waals surface area contributed by atoms with Crippen molar-refractivity contribution in [3.05, 3.63) is 58.4 Å². The zero-order chi connectivity index (χ0) is 13.8. The summed E-state index contributed by atoms with van der Waals surface area (Å²) in [5, 5.41) is 0.321. The molecule has 0 aliphatic rings. The van der Waals surface area contributed by atoms with E-state index in [1.54, 1.807) is 24.5 Å². The number of hydrogen-bond acceptors (Lipinski definition) is 4. The van der Waals surface area contributed by atoms with Crippen LogP contribution in [-0.2, 0) is 11.3 Å². The molecule has 0 aliphatic heterocycles. The van der Waals surface area contributed by atoms with Crippen molar-refractivity contribution in [3.8, 4) is 0 Å². The topological polar surface area (TPSA) is 65.2 Å². The molecule has 0 atom stereocenters. The molecule has 0 saturated carbocycles. The molecule has 0 saturated heterocycles. The number of pyridine rings is 1. The summed E-state index contributed by atoms with van der Waals surface area (Å²) in [6, 6.07) is 6.60. The lowest BCUT2D eigenvalue weighted by molar-refractivity contribution is 0.0472. The van der Waals surface area contributed by atoms with Crippen molar-refractivity contribution in [1.29, 1.82) is 0 Å². The number of benzene rings is 1. The van der Waals surface area contributed by atoms with E-state index in [0.717, 1.165) is 11.1 Å². The van der Waals surface area contributed by atoms with E-state index in [-0.39, 0.29) is 12.2 Å². The number of carbonyl (C=O) groups excluding carboxylic acids is 1. The second-order valence-corrected chi connectivity index (χ2v) is 4.59. The number of nitrogen functional groups attached to an aromatic ring is 1. The molecule has 0 unspecified atom stereocenters. The summed E-state index contributed by atoms with van der Waals surface area (Å²) in [5.74, 6) is -0.501. The number of anilines is 1. The number of nitrogens with zero attached hydrogens (tertiary/aromatic N) is 1. The van der Waals surface area contributed by atoms with Crippen molar-refractivity contribution >= 4 is 23.3 Å². The Labute approximate surface area is 116 Å². The van der Waals surface area contributed by atoms with Gasteiger partial charge in [0.25, 0.3) is 0 Å². The molecular weight excluding hydrogens is 264 g/mol. The second-order valence-electron chi connectivity index (χ2n) is 4.19. The number of aryl methyl sites for hydroxylation is 1. The number of carbonyl (C=O) groups is 1. The van der Waals surface area contributed by atoms with Crippen LogP contribution in [0.1, 0.15) is 21.5 Å². The first-order valence-corrected chi connectivity index (χ1v) is 6.07. The van der Waals surface area contributed by atoms with E-state index in [1.807, 2.05) is 13.0 Å². The monoisotopic (exact) mass is 276 g/mol. The van der Waals surface area contributed by atoms with Gasteiger partial charge in [-0.1, -0.05) is 11.6 Å². The first kappa shape index (κ1) is 13.4. The maximum absolute atomic E-state index is 11.9. The van der Waals surface area contributed by atoms with Gasteiger partial charge in [0.2, 0.25) is 0 Å². The highest BCUT2D eigenvalue weighted by Gasteiger charge is 2.12. The SMILES string of the molecule is Cc1cncc(COC(=O)c2cc(N)ccc2Cl)c1. The molecule has 98 valence electrons. The van der Waals surface area contributed by atoms with Crippen LogP contribution >= 0.6 is 11.6 Å². The van der Waals surface area contributed by atoms with Crippen LogP contribution < -0.4 is 5.73 Å². The number of nitrogens with two attached hydrogens (primary N) is 1. The Morgan fingerprint density at radius 3 is 2.89 bits per heavy atom. The molecular formula is C14H13ClN2O2. The summed E-state index contributed by atoms with van der Waals surface area (Å²) in [6.07, 6.45) is 3.39. The quantitative estimate of drug-likeness (QED) is 0.691. The first-order valence-electron chi connectivity index (χ1n) is 5.69. The summed E-state index contributed by atoms with van der Waals surface area (Å²) < 4.78 is 5.19. The standard InChI is InChI=1S/C14H13ClN2O2/c1-9-4-10(7-17-6-9)8-19-14(18)12-5-11(16)2-3-13(12)15/h2-7H,8,16H2,1H3. The van der Waals surface area contributed by atoms with Gasteiger partial charge in [0.15, 0.2) is 0 Å². The second kappa shape index (κ2) is 5.71. The molecule has 0 radical (unpaired) electrons. The molecule has 2 aromatic rings. The van der Waals surface area contributed by atoms with Crippen LogP contribution in [0.5, 0.6) is 0 Å². The number of ether oxygens (including phenoxy) is 1. The molecule has 0 amide bonds. The van der Waals surface area contributed by atoms with E-state index >= 15 is 0 Å². The summed E-state index contributed by atoms with van der Waals surface area (Å²) >= 11 is 5.93. The lowest BCUT2D eigenvalue weighted by atomic mass is 10.2. The average Bonchev–Trinajstić information content (AvgIpc) is 2.39. The number of esters is 1. The fourth-order valence-electron chi connectivity index (χ4n) is 1.62. The molecule has 1 aromatic heterocycles. The van der Waals surface area contributed by atoms with Gasteiger partial charge in [-0.05, 0) is 36.8 Å². The maximum atomic E-state index is 11.9. The van der Waals surface area contributed by atoms with Gasteiger partial charge >= 0.3 is 5.97 Å². The molecule has 2 N–H and O–H groups in total. The molecule has 0 aliphatic carbocycles. The number of aromatic nitrogens is 1. The fourth-order valence-corrected chi connectivity index (χ4v) is 1.82. The third-order valence-corrected chi connectivity index (χ3v) is 2.84. The molecule has 1 aromatic carbocycles. The minimum Gasteiger partial charge on any atom is -0.457 e. The van der Waals surface area contributed by atoms with Crippen molar-refractivity contribution < 1.29 is 9.53 Å². The van der Waals surface area contributed by atoms with Crippen molar-refractivity contribution in [2.45, 2.75) is 13.5 Å². The van der Waals surface area contributed by atoms with Crippen molar-refractivity contribution in [3.63, 3.8) is 0 Å². The van der Waals surface area contributed by atoms with Crippen LogP contribution in [-0.4, -0.2) is 11.0 Å². The fraction of sp³-hybridized carbons (Fsp3) is 0.143. The van der Waals surface area contributed by atoms with Gasteiger partial charge in [0.05, 0.1) is 10.6 Å². The van der Waals surface area contributed by atoms with Crippen molar-refractivity contribution in [2.75, 3.05) is 5.73 Å². The summed E-state index contributed by atoms with van der Waals surface area (Å²) in [4.78, 5) is 15.9. The highest BCUT2D eigenvalue weighted by molar-refractivity contribution is 6.33. The Bertz CT molecular complexity index is 614. The lowest BCUT2D eigenvalue weighted by Crippen LogP contribution is -2.07. The smallest absolute Gasteiger partial charge is 0.340 e. The normalized spacial score (nSPS) is 10.2. The molecule has 0 fully saturated rings. The van der Waals surface area contributed by atoms with Crippen LogP contribution in [0.15, 0.2) is 36.7 Å². The molecule has 5 heteroatoms.